The molecule has 0 saturated heterocycles. The van der Waals surface area contributed by atoms with Gasteiger partial charge in [-0.15, -0.1) is 5.10 Å². The second-order valence-corrected chi connectivity index (χ2v) is 5.81. The van der Waals surface area contributed by atoms with Gasteiger partial charge in [-0.2, -0.15) is 0 Å². The van der Waals surface area contributed by atoms with Crippen LogP contribution in [0.15, 0.2) is 28.2 Å². The van der Waals surface area contributed by atoms with Crippen LogP contribution in [-0.2, 0) is 0 Å². The minimum atomic E-state index is -0.264. The number of nitrogens with zero attached hydrogens (tertiary/aromatic N) is 3. The molecule has 0 N–H and O–H groups in total. The molecule has 2 heterocycles. The molecule has 0 radical (unpaired) electrons. The summed E-state index contributed by atoms with van der Waals surface area (Å²) in [7, 11) is 0. The molecular weight excluding hydrogens is 305 g/mol. The van der Waals surface area contributed by atoms with Gasteiger partial charge in [0.1, 0.15) is 5.82 Å². The third kappa shape index (κ3) is 1.68. The summed E-state index contributed by atoms with van der Waals surface area (Å²) in [5.41, 5.74) is 2.00. The van der Waals surface area contributed by atoms with E-state index in [1.165, 1.54) is 17.4 Å². The fraction of sp³-hybridized carbons (Fsp3) is 0.0909. The van der Waals surface area contributed by atoms with Gasteiger partial charge in [-0.05, 0) is 35.0 Å². The standard InChI is InChI=1S/C11H7BrFN3S/c1-6-9(7-4-2-3-5-8(7)13)14-11-16(6)15-10(12)17-11/h2-5H,1H3. The fourth-order valence-electron chi connectivity index (χ4n) is 1.73. The van der Waals surface area contributed by atoms with E-state index in [-0.39, 0.29) is 5.82 Å². The molecule has 0 aliphatic carbocycles. The number of imidazole rings is 1. The molecule has 0 aliphatic heterocycles. The summed E-state index contributed by atoms with van der Waals surface area (Å²) in [6.07, 6.45) is 0. The third-order valence-electron chi connectivity index (χ3n) is 2.53. The van der Waals surface area contributed by atoms with Crippen molar-refractivity contribution in [1.29, 1.82) is 0 Å². The van der Waals surface area contributed by atoms with Crippen LogP contribution in [0.25, 0.3) is 16.2 Å². The molecule has 2 aromatic heterocycles. The SMILES string of the molecule is Cc1c(-c2ccccc2F)nc2sc(Br)nn12. The van der Waals surface area contributed by atoms with Crippen molar-refractivity contribution >= 4 is 32.2 Å². The van der Waals surface area contributed by atoms with Crippen molar-refractivity contribution in [1.82, 2.24) is 14.6 Å². The van der Waals surface area contributed by atoms with Crippen molar-refractivity contribution < 1.29 is 4.39 Å². The maximum atomic E-state index is 13.7. The molecule has 17 heavy (non-hydrogen) atoms. The van der Waals surface area contributed by atoms with Crippen molar-refractivity contribution in [3.63, 3.8) is 0 Å². The van der Waals surface area contributed by atoms with E-state index in [2.05, 4.69) is 26.0 Å². The number of benzene rings is 1. The number of aromatic nitrogens is 3. The van der Waals surface area contributed by atoms with E-state index < -0.39 is 0 Å². The highest BCUT2D eigenvalue weighted by Gasteiger charge is 2.16. The highest BCUT2D eigenvalue weighted by atomic mass is 79.9. The predicted molar refractivity (Wildman–Crippen MR) is 68.7 cm³/mol. The Hall–Kier alpha value is -1.27. The summed E-state index contributed by atoms with van der Waals surface area (Å²) in [5, 5.41) is 4.26. The van der Waals surface area contributed by atoms with Gasteiger partial charge in [-0.3, -0.25) is 0 Å². The molecule has 0 aliphatic rings. The van der Waals surface area contributed by atoms with Crippen LogP contribution in [0.5, 0.6) is 0 Å². The van der Waals surface area contributed by atoms with Crippen LogP contribution in [0.2, 0.25) is 0 Å². The number of aryl methyl sites for hydroxylation is 1. The topological polar surface area (TPSA) is 30.2 Å². The molecule has 3 nitrogen and oxygen atoms in total. The summed E-state index contributed by atoms with van der Waals surface area (Å²) >= 11 is 4.73. The van der Waals surface area contributed by atoms with Crippen LogP contribution >= 0.6 is 27.3 Å². The summed E-state index contributed by atoms with van der Waals surface area (Å²) in [4.78, 5) is 5.17. The summed E-state index contributed by atoms with van der Waals surface area (Å²) < 4.78 is 16.2. The first-order chi connectivity index (χ1) is 8.16. The van der Waals surface area contributed by atoms with Crippen LogP contribution in [0, 0.1) is 12.7 Å². The van der Waals surface area contributed by atoms with E-state index >= 15 is 0 Å². The van der Waals surface area contributed by atoms with E-state index in [1.807, 2.05) is 6.92 Å². The fourth-order valence-corrected chi connectivity index (χ4v) is 3.00. The Bertz CT molecular complexity index is 704. The maximum absolute atomic E-state index is 13.7. The minimum absolute atomic E-state index is 0.264. The van der Waals surface area contributed by atoms with Gasteiger partial charge >= 0.3 is 0 Å². The quantitative estimate of drug-likeness (QED) is 0.686. The average Bonchev–Trinajstić information content (AvgIpc) is 2.79. The zero-order valence-corrected chi connectivity index (χ0v) is 11.2. The van der Waals surface area contributed by atoms with Gasteiger partial charge in [0.15, 0.2) is 3.92 Å². The van der Waals surface area contributed by atoms with Gasteiger partial charge in [0.25, 0.3) is 0 Å². The normalized spacial score (nSPS) is 11.2. The Morgan fingerprint density at radius 3 is 2.82 bits per heavy atom. The lowest BCUT2D eigenvalue weighted by atomic mass is 10.1. The zero-order valence-electron chi connectivity index (χ0n) is 8.82. The molecule has 0 unspecified atom stereocenters. The maximum Gasteiger partial charge on any atom is 0.213 e. The molecule has 6 heteroatoms. The summed E-state index contributed by atoms with van der Waals surface area (Å²) in [6, 6.07) is 6.63. The van der Waals surface area contributed by atoms with E-state index in [1.54, 1.807) is 22.7 Å². The minimum Gasteiger partial charge on any atom is -0.217 e. The molecule has 0 atom stereocenters. The Morgan fingerprint density at radius 2 is 2.12 bits per heavy atom. The lowest BCUT2D eigenvalue weighted by Crippen LogP contribution is -1.90. The first-order valence-corrected chi connectivity index (χ1v) is 6.54. The molecule has 0 amide bonds. The largest absolute Gasteiger partial charge is 0.217 e. The Balaban J connectivity index is 2.28. The second kappa shape index (κ2) is 3.89. The van der Waals surface area contributed by atoms with Gasteiger partial charge in [0.2, 0.25) is 4.96 Å². The van der Waals surface area contributed by atoms with Crippen molar-refractivity contribution in [2.75, 3.05) is 0 Å². The van der Waals surface area contributed by atoms with Crippen molar-refractivity contribution in [2.45, 2.75) is 6.92 Å². The lowest BCUT2D eigenvalue weighted by molar-refractivity contribution is 0.630. The predicted octanol–water partition coefficient (Wildman–Crippen LogP) is 3.67. The molecular formula is C11H7BrFN3S. The first kappa shape index (κ1) is 10.9. The lowest BCUT2D eigenvalue weighted by Gasteiger charge is -1.99. The van der Waals surface area contributed by atoms with E-state index in [9.17, 15) is 4.39 Å². The monoisotopic (exact) mass is 311 g/mol. The Morgan fingerprint density at radius 1 is 1.35 bits per heavy atom. The number of hydrogen-bond acceptors (Lipinski definition) is 3. The van der Waals surface area contributed by atoms with E-state index in [0.29, 0.717) is 11.3 Å². The van der Waals surface area contributed by atoms with Crippen LogP contribution in [0.1, 0.15) is 5.69 Å². The molecule has 3 aromatic rings. The molecule has 1 aromatic carbocycles. The molecule has 0 spiro atoms. The van der Waals surface area contributed by atoms with Crippen molar-refractivity contribution in [2.24, 2.45) is 0 Å². The van der Waals surface area contributed by atoms with E-state index in [0.717, 1.165) is 14.6 Å². The van der Waals surface area contributed by atoms with Crippen LogP contribution in [-0.4, -0.2) is 14.6 Å². The Labute approximate surface area is 109 Å². The summed E-state index contributed by atoms with van der Waals surface area (Å²) in [6.45, 7) is 1.88. The van der Waals surface area contributed by atoms with Crippen LogP contribution in [0.4, 0.5) is 4.39 Å². The van der Waals surface area contributed by atoms with Crippen molar-refractivity contribution in [3.05, 3.63) is 39.7 Å². The number of rotatable bonds is 1. The summed E-state index contributed by atoms with van der Waals surface area (Å²) in [5.74, 6) is -0.264. The Kier molecular flexibility index (Phi) is 2.48. The highest BCUT2D eigenvalue weighted by molar-refractivity contribution is 9.11. The molecule has 0 bridgehead atoms. The van der Waals surface area contributed by atoms with Gasteiger partial charge in [-0.1, -0.05) is 23.5 Å². The van der Waals surface area contributed by atoms with Gasteiger partial charge in [0, 0.05) is 5.56 Å². The number of fused-ring (bicyclic) bond motifs is 1. The number of hydrogen-bond donors (Lipinski definition) is 0. The number of halogens is 2. The molecule has 0 fully saturated rings. The van der Waals surface area contributed by atoms with Gasteiger partial charge in [-0.25, -0.2) is 13.9 Å². The highest BCUT2D eigenvalue weighted by Crippen LogP contribution is 2.29. The van der Waals surface area contributed by atoms with Crippen LogP contribution < -0.4 is 0 Å². The smallest absolute Gasteiger partial charge is 0.213 e. The van der Waals surface area contributed by atoms with Gasteiger partial charge < -0.3 is 0 Å². The first-order valence-electron chi connectivity index (χ1n) is 4.93. The van der Waals surface area contributed by atoms with Crippen LogP contribution in [0.3, 0.4) is 0 Å². The molecule has 3 rings (SSSR count). The van der Waals surface area contributed by atoms with Crippen molar-refractivity contribution in [3.8, 4) is 11.3 Å². The van der Waals surface area contributed by atoms with Gasteiger partial charge in [0.05, 0.1) is 11.4 Å². The second-order valence-electron chi connectivity index (χ2n) is 3.58. The zero-order chi connectivity index (χ0) is 12.0. The van der Waals surface area contributed by atoms with E-state index in [4.69, 9.17) is 0 Å². The molecule has 0 saturated carbocycles. The molecule has 86 valence electrons. The average molecular weight is 312 g/mol. The third-order valence-corrected chi connectivity index (χ3v) is 3.87.